The van der Waals surface area contributed by atoms with E-state index in [9.17, 15) is 13.2 Å². The van der Waals surface area contributed by atoms with Crippen molar-refractivity contribution in [2.75, 3.05) is 32.7 Å². The first-order valence-corrected chi connectivity index (χ1v) is 6.73. The van der Waals surface area contributed by atoms with Gasteiger partial charge in [-0.15, -0.1) is 0 Å². The zero-order chi connectivity index (χ0) is 14.3. The lowest BCUT2D eigenvalue weighted by molar-refractivity contribution is -0.143. The van der Waals surface area contributed by atoms with Gasteiger partial charge in [0.1, 0.15) is 0 Å². The van der Waals surface area contributed by atoms with Gasteiger partial charge in [0.05, 0.1) is 6.54 Å². The van der Waals surface area contributed by atoms with Crippen molar-refractivity contribution >= 4 is 5.96 Å². The highest BCUT2D eigenvalue weighted by molar-refractivity contribution is 5.77. The van der Waals surface area contributed by atoms with Crippen molar-refractivity contribution in [1.82, 2.24) is 10.2 Å². The molecule has 0 aromatic carbocycles. The molecule has 0 aromatic heterocycles. The molecule has 0 spiro atoms. The van der Waals surface area contributed by atoms with Crippen molar-refractivity contribution in [2.45, 2.75) is 32.4 Å². The third kappa shape index (κ3) is 7.25. The van der Waals surface area contributed by atoms with Gasteiger partial charge in [-0.25, -0.2) is 0 Å². The average Bonchev–Trinajstić information content (AvgIpc) is 2.72. The van der Waals surface area contributed by atoms with Crippen LogP contribution in [0.25, 0.3) is 0 Å². The molecule has 1 fully saturated rings. The van der Waals surface area contributed by atoms with Gasteiger partial charge in [0.15, 0.2) is 5.96 Å². The highest BCUT2D eigenvalue weighted by Gasteiger charge is 2.34. The predicted octanol–water partition coefficient (Wildman–Crippen LogP) is 1.57. The highest BCUT2D eigenvalue weighted by atomic mass is 19.4. The van der Waals surface area contributed by atoms with E-state index in [1.54, 1.807) is 0 Å². The largest absolute Gasteiger partial charge is 0.401 e. The van der Waals surface area contributed by atoms with Crippen LogP contribution >= 0.6 is 0 Å². The van der Waals surface area contributed by atoms with Crippen LogP contribution in [0.5, 0.6) is 0 Å². The van der Waals surface area contributed by atoms with Crippen molar-refractivity contribution < 1.29 is 13.2 Å². The number of likely N-dealkylation sites (tertiary alicyclic amines) is 1. The quantitative estimate of drug-likeness (QED) is 0.441. The zero-order valence-corrected chi connectivity index (χ0v) is 11.3. The van der Waals surface area contributed by atoms with E-state index in [1.165, 1.54) is 4.90 Å². The third-order valence-electron chi connectivity index (χ3n) is 3.13. The van der Waals surface area contributed by atoms with E-state index < -0.39 is 12.7 Å². The molecule has 3 N–H and O–H groups in total. The Labute approximate surface area is 112 Å². The Kier molecular flexibility index (Phi) is 6.41. The maximum Gasteiger partial charge on any atom is 0.401 e. The smallest absolute Gasteiger partial charge is 0.370 e. The van der Waals surface area contributed by atoms with Gasteiger partial charge in [0, 0.05) is 19.6 Å². The van der Waals surface area contributed by atoms with Crippen LogP contribution in [0, 0.1) is 5.92 Å². The number of nitrogens with zero attached hydrogens (tertiary/aromatic N) is 2. The first-order valence-electron chi connectivity index (χ1n) is 6.73. The van der Waals surface area contributed by atoms with Crippen LogP contribution in [0.2, 0.25) is 0 Å². The van der Waals surface area contributed by atoms with Gasteiger partial charge in [-0.2, -0.15) is 13.2 Å². The summed E-state index contributed by atoms with van der Waals surface area (Å²) in [7, 11) is 0. The number of nitrogens with two attached hydrogens (primary N) is 1. The lowest BCUT2D eigenvalue weighted by atomic mass is 10.1. The maximum absolute atomic E-state index is 12.2. The molecule has 1 rings (SSSR count). The van der Waals surface area contributed by atoms with E-state index in [1.807, 2.05) is 0 Å². The minimum Gasteiger partial charge on any atom is -0.370 e. The summed E-state index contributed by atoms with van der Waals surface area (Å²) < 4.78 is 36.7. The van der Waals surface area contributed by atoms with Crippen molar-refractivity contribution in [3.05, 3.63) is 0 Å². The summed E-state index contributed by atoms with van der Waals surface area (Å²) in [4.78, 5) is 5.62. The number of halogens is 3. The number of unbranched alkanes of at least 4 members (excludes halogenated alkanes) is 1. The van der Waals surface area contributed by atoms with E-state index in [0.29, 0.717) is 25.6 Å². The number of alkyl halides is 3. The molecular weight excluding hydrogens is 257 g/mol. The molecule has 0 radical (unpaired) electrons. The Morgan fingerprint density at radius 3 is 2.84 bits per heavy atom. The molecule has 112 valence electrons. The minimum atomic E-state index is -4.11. The van der Waals surface area contributed by atoms with Crippen LogP contribution in [-0.2, 0) is 0 Å². The van der Waals surface area contributed by atoms with Gasteiger partial charge in [0.25, 0.3) is 0 Å². The maximum atomic E-state index is 12.2. The van der Waals surface area contributed by atoms with E-state index >= 15 is 0 Å². The van der Waals surface area contributed by atoms with Crippen LogP contribution in [0.1, 0.15) is 26.2 Å². The average molecular weight is 280 g/mol. The van der Waals surface area contributed by atoms with E-state index in [2.05, 4.69) is 17.2 Å². The van der Waals surface area contributed by atoms with Crippen LogP contribution in [0.15, 0.2) is 4.99 Å². The molecule has 1 aliphatic heterocycles. The standard InChI is InChI=1S/C12H23F3N4/c1-2-3-5-17-11(16)18-7-10-4-6-19(8-10)9-12(13,14)15/h10H,2-9H2,1H3,(H3,16,17,18). The molecule has 1 saturated heterocycles. The lowest BCUT2D eigenvalue weighted by Gasteiger charge is -2.17. The van der Waals surface area contributed by atoms with E-state index in [-0.39, 0.29) is 5.92 Å². The van der Waals surface area contributed by atoms with E-state index in [4.69, 9.17) is 5.73 Å². The van der Waals surface area contributed by atoms with Gasteiger partial charge in [0.2, 0.25) is 0 Å². The molecule has 19 heavy (non-hydrogen) atoms. The topological polar surface area (TPSA) is 53.6 Å². The monoisotopic (exact) mass is 280 g/mol. The zero-order valence-electron chi connectivity index (χ0n) is 11.3. The summed E-state index contributed by atoms with van der Waals surface area (Å²) in [6.07, 6.45) is -1.25. The molecule has 0 saturated carbocycles. The van der Waals surface area contributed by atoms with E-state index in [0.717, 1.165) is 25.8 Å². The Morgan fingerprint density at radius 2 is 2.21 bits per heavy atom. The second kappa shape index (κ2) is 7.57. The summed E-state index contributed by atoms with van der Waals surface area (Å²) in [5.41, 5.74) is 5.67. The SMILES string of the molecule is CCCCNC(N)=NCC1CCN(CC(F)(F)F)C1. The predicted molar refractivity (Wildman–Crippen MR) is 70.0 cm³/mol. The summed E-state index contributed by atoms with van der Waals surface area (Å²) in [6.45, 7) is 3.49. The van der Waals surface area contributed by atoms with Gasteiger partial charge in [-0.1, -0.05) is 13.3 Å². The number of guanidine groups is 1. The number of hydrogen-bond donors (Lipinski definition) is 2. The van der Waals surface area contributed by atoms with Crippen LogP contribution in [0.3, 0.4) is 0 Å². The summed E-state index contributed by atoms with van der Waals surface area (Å²) in [5.74, 6) is 0.566. The van der Waals surface area contributed by atoms with Gasteiger partial charge >= 0.3 is 6.18 Å². The molecule has 1 atom stereocenters. The molecule has 0 amide bonds. The number of aliphatic imine (C=N–C) groups is 1. The molecule has 0 aliphatic carbocycles. The van der Waals surface area contributed by atoms with Crippen molar-refractivity contribution in [2.24, 2.45) is 16.6 Å². The van der Waals surface area contributed by atoms with Crippen LogP contribution in [0.4, 0.5) is 13.2 Å². The van der Waals surface area contributed by atoms with Crippen molar-refractivity contribution in [1.29, 1.82) is 0 Å². The molecule has 4 nitrogen and oxygen atoms in total. The fourth-order valence-corrected chi connectivity index (χ4v) is 2.14. The first kappa shape index (κ1) is 16.1. The normalized spacial score (nSPS) is 21.9. The minimum absolute atomic E-state index is 0.175. The third-order valence-corrected chi connectivity index (χ3v) is 3.13. The van der Waals surface area contributed by atoms with Gasteiger partial charge in [-0.3, -0.25) is 9.89 Å². The second-order valence-corrected chi connectivity index (χ2v) is 5.01. The lowest BCUT2D eigenvalue weighted by Crippen LogP contribution is -2.34. The highest BCUT2D eigenvalue weighted by Crippen LogP contribution is 2.22. The van der Waals surface area contributed by atoms with Crippen molar-refractivity contribution in [3.63, 3.8) is 0 Å². The molecule has 1 aliphatic rings. The molecule has 1 heterocycles. The molecular formula is C12H23F3N4. The number of hydrogen-bond acceptors (Lipinski definition) is 2. The number of nitrogens with one attached hydrogen (secondary N) is 1. The summed E-state index contributed by atoms with van der Waals surface area (Å²) >= 11 is 0. The fraction of sp³-hybridized carbons (Fsp3) is 0.917. The van der Waals surface area contributed by atoms with Crippen molar-refractivity contribution in [3.8, 4) is 0 Å². The first-order chi connectivity index (χ1) is 8.90. The Balaban J connectivity index is 2.22. The molecule has 1 unspecified atom stereocenters. The number of rotatable bonds is 6. The molecule has 7 heteroatoms. The molecule has 0 bridgehead atoms. The second-order valence-electron chi connectivity index (χ2n) is 5.01. The van der Waals surface area contributed by atoms with Crippen LogP contribution in [-0.4, -0.2) is 49.8 Å². The fourth-order valence-electron chi connectivity index (χ4n) is 2.14. The van der Waals surface area contributed by atoms with Gasteiger partial charge < -0.3 is 11.1 Å². The van der Waals surface area contributed by atoms with Gasteiger partial charge in [-0.05, 0) is 25.3 Å². The summed E-state index contributed by atoms with van der Waals surface area (Å²) in [6, 6.07) is 0. The summed E-state index contributed by atoms with van der Waals surface area (Å²) in [5, 5.41) is 2.99. The Hall–Kier alpha value is -0.980. The Bertz CT molecular complexity index is 291. The Morgan fingerprint density at radius 1 is 1.47 bits per heavy atom. The van der Waals surface area contributed by atoms with Crippen LogP contribution < -0.4 is 11.1 Å². The molecule has 0 aromatic rings.